The Morgan fingerprint density at radius 1 is 0.904 bits per heavy atom. The first kappa shape index (κ1) is 54.3. The highest BCUT2D eigenvalue weighted by molar-refractivity contribution is 7.59. The van der Waals surface area contributed by atoms with E-state index in [-0.39, 0.29) is 69.8 Å². The molecule has 6 aromatic rings. The monoisotopic (exact) mass is 1030 g/mol. The molecule has 1 amide bonds. The van der Waals surface area contributed by atoms with Gasteiger partial charge in [-0.2, -0.15) is 41.3 Å². The van der Waals surface area contributed by atoms with Gasteiger partial charge in [0.25, 0.3) is 0 Å². The highest BCUT2D eigenvalue weighted by atomic mass is 32.1. The van der Waals surface area contributed by atoms with Crippen molar-refractivity contribution in [2.45, 2.75) is 103 Å². The molecule has 0 spiro atoms. The molecule has 0 bridgehead atoms. The summed E-state index contributed by atoms with van der Waals surface area (Å²) in [5.41, 5.74) is 4.21. The Morgan fingerprint density at radius 2 is 1.73 bits per heavy atom. The van der Waals surface area contributed by atoms with Crippen molar-refractivity contribution in [1.82, 2.24) is 39.5 Å². The molecule has 73 heavy (non-hydrogen) atoms. The van der Waals surface area contributed by atoms with E-state index >= 15 is 0 Å². The number of amides is 1. The van der Waals surface area contributed by atoms with Crippen molar-refractivity contribution < 1.29 is 46.4 Å². The van der Waals surface area contributed by atoms with Crippen LogP contribution in [0.1, 0.15) is 79.7 Å². The number of aryl methyl sites for hydroxylation is 3. The van der Waals surface area contributed by atoms with E-state index in [1.54, 1.807) is 25.3 Å². The quantitative estimate of drug-likeness (QED) is 0.0388. The molecule has 2 saturated heterocycles. The van der Waals surface area contributed by atoms with E-state index in [2.05, 4.69) is 52.5 Å². The summed E-state index contributed by atoms with van der Waals surface area (Å²) in [7, 11) is 0. The van der Waals surface area contributed by atoms with Crippen LogP contribution in [0.2, 0.25) is 0 Å². The third kappa shape index (κ3) is 14.0. The van der Waals surface area contributed by atoms with E-state index in [0.29, 0.717) is 74.1 Å². The number of ether oxygens (including phenoxy) is 4. The zero-order valence-corrected chi connectivity index (χ0v) is 42.1. The molecule has 0 radical (unpaired) electrons. The Morgan fingerprint density at radius 3 is 2.48 bits per heavy atom. The number of nitrogens with zero attached hydrogens (tertiary/aromatic N) is 10. The van der Waals surface area contributed by atoms with Gasteiger partial charge in [-0.05, 0) is 99.7 Å². The average Bonchev–Trinajstić information content (AvgIpc) is 3.99. The first-order valence-electron chi connectivity index (χ1n) is 24.3. The van der Waals surface area contributed by atoms with E-state index in [1.165, 1.54) is 25.4 Å². The lowest BCUT2D eigenvalue weighted by atomic mass is 9.99. The van der Waals surface area contributed by atoms with E-state index in [4.69, 9.17) is 23.9 Å². The number of aromatic nitrogens is 8. The number of carbonyl (C=O) groups is 1. The number of alkyl halides is 4. The molecule has 3 atom stereocenters. The SMILES string of the molecule is CCc1cnn2c(NCc3ccc(OCCOCCOCCCc4cc(-c5cnc(CNc6nccc(N7C(=O)OCC7C(C)F)n6)cc5C)cc(C(F)(F)F)n4)nc3)cc(N3CCCCC3CCO)nc12.S. The van der Waals surface area contributed by atoms with Crippen molar-refractivity contribution in [3.8, 4) is 17.0 Å². The van der Waals surface area contributed by atoms with Crippen molar-refractivity contribution in [2.75, 3.05) is 73.2 Å². The van der Waals surface area contributed by atoms with Crippen LogP contribution in [0, 0.1) is 6.92 Å². The van der Waals surface area contributed by atoms with Crippen molar-refractivity contribution in [3.63, 3.8) is 0 Å². The molecule has 6 aromatic heterocycles. The standard InChI is InChI=1S/C50H60F4N12O6.H2S/c1-4-35-28-60-66-44(25-45(62-47(35)66)64-15-6-5-9-39(64)13-16-67)57-26-34-10-11-46(58-27-34)71-21-20-70-19-18-69-17-7-8-37-23-36(24-42(61-37)50(52,53)54)40-30-56-38(22-32(40)2)29-59-48-55-14-12-43(63-48)65-41(33(3)51)31-72-49(65)68;/h10-12,14,22-25,27-28,30,33,39,41,57,67H,4-9,13,15-21,26,29,31H2,1-3H3,(H,55,59,63);1H2. The third-order valence-electron chi connectivity index (χ3n) is 12.5. The van der Waals surface area contributed by atoms with Crippen LogP contribution < -0.4 is 25.2 Å². The Kier molecular flexibility index (Phi) is 19.0. The molecule has 23 heteroatoms. The van der Waals surface area contributed by atoms with Gasteiger partial charge >= 0.3 is 12.3 Å². The maximum Gasteiger partial charge on any atom is 0.433 e. The normalized spacial score (nSPS) is 16.4. The maximum absolute atomic E-state index is 14.1. The molecule has 2 fully saturated rings. The Balaban J connectivity index is 0.00000780. The maximum atomic E-state index is 14.1. The molecule has 0 saturated carbocycles. The van der Waals surface area contributed by atoms with Gasteiger partial charge in [0.2, 0.25) is 11.8 Å². The summed E-state index contributed by atoms with van der Waals surface area (Å²) >= 11 is 0. The number of cyclic esters (lactones) is 1. The predicted molar refractivity (Wildman–Crippen MR) is 271 cm³/mol. The summed E-state index contributed by atoms with van der Waals surface area (Å²) in [6.45, 7) is 8.30. The number of carbonyl (C=O) groups excluding carboxylic acids is 1. The minimum Gasteiger partial charge on any atom is -0.475 e. The molecule has 0 aliphatic carbocycles. The predicted octanol–water partition coefficient (Wildman–Crippen LogP) is 8.07. The molecule has 18 nitrogen and oxygen atoms in total. The minimum absolute atomic E-state index is 0. The first-order chi connectivity index (χ1) is 34.9. The summed E-state index contributed by atoms with van der Waals surface area (Å²) in [5, 5.41) is 20.9. The van der Waals surface area contributed by atoms with Crippen molar-refractivity contribution >= 4 is 48.6 Å². The fourth-order valence-corrected chi connectivity index (χ4v) is 8.75. The number of nitrogens with one attached hydrogen (secondary N) is 2. The van der Waals surface area contributed by atoms with Crippen LogP contribution in [-0.4, -0.2) is 122 Å². The smallest absolute Gasteiger partial charge is 0.433 e. The largest absolute Gasteiger partial charge is 0.475 e. The number of halogens is 4. The number of hydrogen-bond donors (Lipinski definition) is 3. The number of rotatable bonds is 24. The van der Waals surface area contributed by atoms with E-state index in [0.717, 1.165) is 71.6 Å². The number of hydrogen-bond acceptors (Lipinski definition) is 16. The first-order valence-corrected chi connectivity index (χ1v) is 24.3. The fraction of sp³-hybridized carbons (Fsp3) is 0.480. The van der Waals surface area contributed by atoms with Gasteiger partial charge in [-0.3, -0.25) is 9.88 Å². The van der Waals surface area contributed by atoms with Crippen LogP contribution in [0.15, 0.2) is 67.3 Å². The van der Waals surface area contributed by atoms with E-state index < -0.39 is 30.2 Å². The third-order valence-corrected chi connectivity index (χ3v) is 12.5. The molecule has 8 rings (SSSR count). The lowest BCUT2D eigenvalue weighted by Crippen LogP contribution is -2.40. The molecule has 392 valence electrons. The molecular formula is C50H62F4N12O6S. The second-order valence-corrected chi connectivity index (χ2v) is 17.7. The molecule has 3 unspecified atom stereocenters. The van der Waals surface area contributed by atoms with Crippen LogP contribution in [0.4, 0.5) is 45.8 Å². The number of fused-ring (bicyclic) bond motifs is 1. The van der Waals surface area contributed by atoms with Crippen LogP contribution in [0.25, 0.3) is 16.8 Å². The Labute approximate surface area is 427 Å². The van der Waals surface area contributed by atoms with Gasteiger partial charge in [0.15, 0.2) is 5.65 Å². The number of anilines is 4. The summed E-state index contributed by atoms with van der Waals surface area (Å²) in [6, 6.07) is 11.1. The number of aliphatic hydroxyl groups is 1. The van der Waals surface area contributed by atoms with Crippen molar-refractivity contribution in [3.05, 3.63) is 101 Å². The lowest BCUT2D eigenvalue weighted by molar-refractivity contribution is -0.141. The summed E-state index contributed by atoms with van der Waals surface area (Å²) in [6.07, 6.45) is 5.33. The number of aliphatic hydroxyl groups excluding tert-OH is 1. The van der Waals surface area contributed by atoms with Crippen molar-refractivity contribution in [2.24, 2.45) is 0 Å². The van der Waals surface area contributed by atoms with Gasteiger partial charge in [0.05, 0.1) is 38.3 Å². The number of piperidine rings is 1. The van der Waals surface area contributed by atoms with Gasteiger partial charge in [-0.1, -0.05) is 13.0 Å². The lowest BCUT2D eigenvalue weighted by Gasteiger charge is -2.36. The molecule has 0 aromatic carbocycles. The fourth-order valence-electron chi connectivity index (χ4n) is 8.75. The molecule has 2 aliphatic heterocycles. The Hall–Kier alpha value is -6.43. The van der Waals surface area contributed by atoms with E-state index in [9.17, 15) is 27.5 Å². The topological polar surface area (TPSA) is 199 Å². The summed E-state index contributed by atoms with van der Waals surface area (Å²) in [5.74, 6) is 2.52. The van der Waals surface area contributed by atoms with Crippen LogP contribution >= 0.6 is 13.5 Å². The van der Waals surface area contributed by atoms with Crippen molar-refractivity contribution in [1.29, 1.82) is 0 Å². The van der Waals surface area contributed by atoms with E-state index in [1.807, 2.05) is 28.9 Å². The summed E-state index contributed by atoms with van der Waals surface area (Å²) in [4.78, 5) is 42.1. The molecule has 8 heterocycles. The number of pyridine rings is 3. The zero-order valence-electron chi connectivity index (χ0n) is 41.1. The van der Waals surface area contributed by atoms with Gasteiger partial charge in [-0.15, -0.1) is 0 Å². The summed E-state index contributed by atoms with van der Waals surface area (Å²) < 4.78 is 80.2. The van der Waals surface area contributed by atoms with Gasteiger partial charge < -0.3 is 39.6 Å². The van der Waals surface area contributed by atoms with Crippen LogP contribution in [-0.2, 0) is 46.3 Å². The van der Waals surface area contributed by atoms with Gasteiger partial charge in [-0.25, -0.2) is 29.1 Å². The molecule has 2 aliphatic rings. The highest BCUT2D eigenvalue weighted by Gasteiger charge is 2.39. The van der Waals surface area contributed by atoms with Gasteiger partial charge in [0.1, 0.15) is 48.6 Å². The van der Waals surface area contributed by atoms with Gasteiger partial charge in [0, 0.05) is 79.9 Å². The minimum atomic E-state index is -4.66. The second-order valence-electron chi connectivity index (χ2n) is 17.7. The second kappa shape index (κ2) is 25.5. The zero-order chi connectivity index (χ0) is 50.6. The Bertz CT molecular complexity index is 2750. The molecule has 3 N–H and O–H groups in total. The molecular weight excluding hydrogens is 973 g/mol. The average molecular weight is 1040 g/mol. The van der Waals surface area contributed by atoms with Crippen LogP contribution in [0.3, 0.4) is 0 Å². The highest BCUT2D eigenvalue weighted by Crippen LogP contribution is 2.34. The van der Waals surface area contributed by atoms with Crippen LogP contribution in [0.5, 0.6) is 5.88 Å².